The molecule has 2 aliphatic carbocycles. The minimum atomic E-state index is 0.277. The van der Waals surface area contributed by atoms with Crippen molar-refractivity contribution in [3.05, 3.63) is 165 Å². The molecular weight excluding hydrogens is 613 g/mol. The smallest absolute Gasteiger partial charge is 0.130 e. The van der Waals surface area contributed by atoms with Crippen LogP contribution >= 0.6 is 0 Å². The minimum absolute atomic E-state index is 0.277. The molecule has 6 aromatic rings. The molecule has 0 spiro atoms. The van der Waals surface area contributed by atoms with Crippen LogP contribution in [0.5, 0.6) is 0 Å². The van der Waals surface area contributed by atoms with Crippen molar-refractivity contribution in [2.75, 3.05) is 0 Å². The van der Waals surface area contributed by atoms with Gasteiger partial charge in [-0.15, -0.1) is 0 Å². The van der Waals surface area contributed by atoms with E-state index in [2.05, 4.69) is 137 Å². The Balaban J connectivity index is 1.18. The van der Waals surface area contributed by atoms with E-state index in [0.717, 1.165) is 44.6 Å². The summed E-state index contributed by atoms with van der Waals surface area (Å²) in [6.07, 6.45) is 4.86. The fraction of sp³-hybridized carbons (Fsp3) is 0.217. The Bertz CT molecular complexity index is 2100. The molecule has 4 aromatic carbocycles. The zero-order valence-corrected chi connectivity index (χ0v) is 30.3. The van der Waals surface area contributed by atoms with Gasteiger partial charge in [-0.05, 0) is 157 Å². The molecule has 0 saturated heterocycles. The van der Waals surface area contributed by atoms with Crippen molar-refractivity contribution in [3.63, 3.8) is 0 Å². The van der Waals surface area contributed by atoms with E-state index in [4.69, 9.17) is 8.83 Å². The molecule has 0 bridgehead atoms. The van der Waals surface area contributed by atoms with Crippen LogP contribution in [0.3, 0.4) is 0 Å². The van der Waals surface area contributed by atoms with Gasteiger partial charge in [0.2, 0.25) is 0 Å². The van der Waals surface area contributed by atoms with Gasteiger partial charge < -0.3 is 8.83 Å². The monoisotopic (exact) mass is 654 g/mol. The molecule has 2 nitrogen and oxygen atoms in total. The Labute approximate surface area is 293 Å². The molecule has 2 atom stereocenters. The summed E-state index contributed by atoms with van der Waals surface area (Å²) >= 11 is 0. The average Bonchev–Trinajstić information content (AvgIpc) is 3.89. The molecule has 242 valence electrons. The average molecular weight is 655 g/mol. The van der Waals surface area contributed by atoms with Gasteiger partial charge in [0, 0.05) is 32.5 Å². The molecule has 8 rings (SSSR count). The molecule has 0 N–H and O–H groups in total. The Morgan fingerprint density at radius 1 is 0.510 bits per heavy atom. The summed E-state index contributed by atoms with van der Waals surface area (Å²) in [7, 11) is 0.749. The second-order valence-electron chi connectivity index (χ2n) is 13.9. The highest BCUT2D eigenvalue weighted by Crippen LogP contribution is 2.52. The van der Waals surface area contributed by atoms with Crippen molar-refractivity contribution >= 4 is 32.8 Å². The van der Waals surface area contributed by atoms with Gasteiger partial charge in [-0.2, -0.15) is 0 Å². The molecule has 0 aliphatic heterocycles. The largest absolute Gasteiger partial charge is 0.462 e. The highest BCUT2D eigenvalue weighted by molar-refractivity contribution is 6.37. The van der Waals surface area contributed by atoms with Crippen LogP contribution in [-0.2, 0) is 0 Å². The van der Waals surface area contributed by atoms with E-state index in [1.807, 2.05) is 13.8 Å². The summed E-state index contributed by atoms with van der Waals surface area (Å²) in [5, 5.41) is 0. The molecule has 0 saturated carbocycles. The highest BCUT2D eigenvalue weighted by atomic mass is 28.2. The summed E-state index contributed by atoms with van der Waals surface area (Å²) < 4.78 is 12.7. The van der Waals surface area contributed by atoms with Crippen molar-refractivity contribution < 1.29 is 8.83 Å². The van der Waals surface area contributed by atoms with E-state index >= 15 is 0 Å². The number of allylic oxidation sites excluding steroid dienone is 2. The lowest BCUT2D eigenvalue weighted by molar-refractivity contribution is 0.518. The summed E-state index contributed by atoms with van der Waals surface area (Å²) in [6, 6.07) is 37.3. The summed E-state index contributed by atoms with van der Waals surface area (Å²) in [5.41, 5.74) is 18.8. The number of rotatable bonds is 8. The maximum Gasteiger partial charge on any atom is 0.130 e. The normalized spacial score (nSPS) is 16.4. The van der Waals surface area contributed by atoms with Crippen LogP contribution in [0.1, 0.15) is 79.4 Å². The zero-order chi connectivity index (χ0) is 33.8. The van der Waals surface area contributed by atoms with Crippen LogP contribution in [0.4, 0.5) is 0 Å². The lowest BCUT2D eigenvalue weighted by Gasteiger charge is -2.22. The molecule has 2 heterocycles. The third-order valence-corrected chi connectivity index (χ3v) is 12.2. The van der Waals surface area contributed by atoms with Crippen molar-refractivity contribution in [3.8, 4) is 22.3 Å². The van der Waals surface area contributed by atoms with Gasteiger partial charge in [0.05, 0.1) is 0 Å². The van der Waals surface area contributed by atoms with Crippen LogP contribution in [0.2, 0.25) is 12.1 Å². The maximum atomic E-state index is 6.33. The summed E-state index contributed by atoms with van der Waals surface area (Å²) in [6.45, 7) is 13.2. The lowest BCUT2D eigenvalue weighted by Crippen LogP contribution is -2.08. The molecule has 2 aromatic heterocycles. The van der Waals surface area contributed by atoms with Crippen LogP contribution in [0.15, 0.2) is 106 Å². The Hall–Kier alpha value is -4.86. The van der Waals surface area contributed by atoms with Gasteiger partial charge in [0.1, 0.15) is 23.0 Å². The third-order valence-electron chi connectivity index (χ3n) is 10.8. The van der Waals surface area contributed by atoms with Gasteiger partial charge in [-0.25, -0.2) is 0 Å². The van der Waals surface area contributed by atoms with Gasteiger partial charge in [0.15, 0.2) is 0 Å². The van der Waals surface area contributed by atoms with Gasteiger partial charge in [-0.3, -0.25) is 0 Å². The fourth-order valence-corrected chi connectivity index (χ4v) is 9.71. The summed E-state index contributed by atoms with van der Waals surface area (Å²) in [4.78, 5) is 0. The topological polar surface area (TPSA) is 26.3 Å². The fourth-order valence-electron chi connectivity index (χ4n) is 8.09. The predicted molar refractivity (Wildman–Crippen MR) is 206 cm³/mol. The van der Waals surface area contributed by atoms with E-state index in [1.54, 1.807) is 0 Å². The first-order chi connectivity index (χ1) is 23.8. The highest BCUT2D eigenvalue weighted by Gasteiger charge is 2.34. The number of hydrogen-bond donors (Lipinski definition) is 0. The van der Waals surface area contributed by atoms with Crippen molar-refractivity contribution in [1.29, 1.82) is 0 Å². The van der Waals surface area contributed by atoms with Crippen LogP contribution in [0, 0.1) is 41.5 Å². The molecule has 2 unspecified atom stereocenters. The molecule has 2 radical (unpaired) electrons. The molecule has 0 amide bonds. The van der Waals surface area contributed by atoms with Gasteiger partial charge >= 0.3 is 0 Å². The van der Waals surface area contributed by atoms with E-state index in [1.165, 1.54) is 77.9 Å². The van der Waals surface area contributed by atoms with Crippen molar-refractivity contribution in [2.24, 2.45) is 0 Å². The van der Waals surface area contributed by atoms with Gasteiger partial charge in [0.25, 0.3) is 0 Å². The van der Waals surface area contributed by atoms with Crippen LogP contribution in [-0.4, -0.2) is 9.52 Å². The Kier molecular flexibility index (Phi) is 8.04. The molecular formula is C46H42O2Si. The van der Waals surface area contributed by atoms with E-state index < -0.39 is 0 Å². The van der Waals surface area contributed by atoms with Crippen molar-refractivity contribution in [1.82, 2.24) is 0 Å². The molecule has 49 heavy (non-hydrogen) atoms. The van der Waals surface area contributed by atoms with E-state index in [-0.39, 0.29) is 11.8 Å². The number of hydrogen-bond acceptors (Lipinski definition) is 2. The lowest BCUT2D eigenvalue weighted by atomic mass is 9.87. The first-order valence-corrected chi connectivity index (χ1v) is 18.9. The number of fused-ring (bicyclic) bond motifs is 2. The summed E-state index contributed by atoms with van der Waals surface area (Å²) in [5.74, 6) is 4.45. The predicted octanol–water partition coefficient (Wildman–Crippen LogP) is 12.6. The Morgan fingerprint density at radius 2 is 0.918 bits per heavy atom. The number of aryl methyl sites for hydroxylation is 4. The third kappa shape index (κ3) is 5.51. The quantitative estimate of drug-likeness (QED) is 0.153. The second kappa shape index (κ2) is 12.5. The first-order valence-electron chi connectivity index (χ1n) is 17.4. The zero-order valence-electron chi connectivity index (χ0n) is 29.3. The molecule has 3 heteroatoms. The van der Waals surface area contributed by atoms with Gasteiger partial charge in [-0.1, -0.05) is 72.8 Å². The van der Waals surface area contributed by atoms with E-state index in [0.29, 0.717) is 0 Å². The van der Waals surface area contributed by atoms with Crippen molar-refractivity contribution in [2.45, 2.75) is 65.5 Å². The van der Waals surface area contributed by atoms with Crippen LogP contribution in [0.25, 0.3) is 45.6 Å². The first kappa shape index (κ1) is 31.4. The van der Waals surface area contributed by atoms with Crippen LogP contribution < -0.4 is 0 Å². The molecule has 0 fully saturated rings. The maximum absolute atomic E-state index is 6.33. The number of benzene rings is 4. The SMILES string of the molecule is Cc1ccc(C2=Cc3c(cc(C)c(C)c3-c3ccccc3)C2C[Si]CC2C(c3ccc(C)o3)=Cc3c2cc(C)c(C)c3-c2ccccc2)o1. The second-order valence-corrected chi connectivity index (χ2v) is 15.2. The standard InChI is InChI=1S/C46H42O2Si/c1-27-21-35-39(45(31(27)5)33-13-9-7-10-14-33)23-37(43-19-17-29(3)47-43)41(35)25-49-26-42-36-22-28(2)32(6)46(34-15-11-8-12-16-34)40(36)24-38(42)44-20-18-30(4)48-44/h7-24,41-42H,25-26H2,1-6H3. The Morgan fingerprint density at radius 3 is 1.29 bits per heavy atom. The molecule has 2 aliphatic rings. The van der Waals surface area contributed by atoms with E-state index in [9.17, 15) is 0 Å². The minimum Gasteiger partial charge on any atom is -0.462 e. The number of furan rings is 2.